The Bertz CT molecular complexity index is 299. The maximum Gasteiger partial charge on any atom is 0.122 e. The summed E-state index contributed by atoms with van der Waals surface area (Å²) in [5, 5.41) is 3.10. The smallest absolute Gasteiger partial charge is 0.122 e. The molecule has 1 aromatic rings. The van der Waals surface area contributed by atoms with Crippen molar-refractivity contribution in [1.82, 2.24) is 10.2 Å². The highest BCUT2D eigenvalue weighted by atomic mass is 16.5. The number of likely N-dealkylation sites (N-methyl/N-ethyl adjacent to an activating group) is 1. The van der Waals surface area contributed by atoms with Gasteiger partial charge in [-0.1, -0.05) is 0 Å². The summed E-state index contributed by atoms with van der Waals surface area (Å²) in [5.74, 6) is 1.01. The molecule has 0 aromatic carbocycles. The summed E-state index contributed by atoms with van der Waals surface area (Å²) < 4.78 is 10.6. The van der Waals surface area contributed by atoms with Gasteiger partial charge in [-0.2, -0.15) is 0 Å². The van der Waals surface area contributed by atoms with E-state index in [0.717, 1.165) is 25.5 Å². The number of nitrogens with zero attached hydrogens (tertiary/aromatic N) is 1. The minimum Gasteiger partial charge on any atom is -0.468 e. The van der Waals surface area contributed by atoms with E-state index in [0.29, 0.717) is 6.04 Å². The molecule has 0 aliphatic heterocycles. The normalized spacial score (nSPS) is 13.3. The first-order valence-corrected chi connectivity index (χ1v) is 5.58. The van der Waals surface area contributed by atoms with E-state index in [4.69, 9.17) is 9.15 Å². The molecule has 1 atom stereocenters. The van der Waals surface area contributed by atoms with Crippen LogP contribution < -0.4 is 5.32 Å². The highest BCUT2D eigenvalue weighted by Gasteiger charge is 2.12. The summed E-state index contributed by atoms with van der Waals surface area (Å²) in [6.45, 7) is 4.56. The Morgan fingerprint density at radius 1 is 1.56 bits per heavy atom. The van der Waals surface area contributed by atoms with Crippen LogP contribution in [-0.2, 0) is 17.8 Å². The highest BCUT2D eigenvalue weighted by Crippen LogP contribution is 2.13. The Morgan fingerprint density at radius 2 is 2.31 bits per heavy atom. The topological polar surface area (TPSA) is 37.6 Å². The third kappa shape index (κ3) is 3.63. The van der Waals surface area contributed by atoms with Crippen LogP contribution in [0.2, 0.25) is 0 Å². The summed E-state index contributed by atoms with van der Waals surface area (Å²) >= 11 is 0. The number of methoxy groups -OCH3 is 1. The average molecular weight is 226 g/mol. The van der Waals surface area contributed by atoms with Crippen LogP contribution in [0.5, 0.6) is 0 Å². The fourth-order valence-corrected chi connectivity index (χ4v) is 1.62. The standard InChI is InChI=1S/C12H22N2O2/c1-10(9-15-4)14(3)8-11-5-6-16-12(11)7-13-2/h5-6,10,13H,7-9H2,1-4H3. The molecular formula is C12H22N2O2. The number of ether oxygens (including phenoxy) is 1. The SMILES string of the molecule is CNCc1occc1CN(C)C(C)COC. The molecule has 0 radical (unpaired) electrons. The van der Waals surface area contributed by atoms with Gasteiger partial charge in [0.15, 0.2) is 0 Å². The molecule has 0 aliphatic rings. The van der Waals surface area contributed by atoms with Crippen molar-refractivity contribution >= 4 is 0 Å². The molecule has 4 heteroatoms. The van der Waals surface area contributed by atoms with E-state index in [1.165, 1.54) is 5.56 Å². The van der Waals surface area contributed by atoms with Crippen LogP contribution in [0.3, 0.4) is 0 Å². The minimum absolute atomic E-state index is 0.405. The van der Waals surface area contributed by atoms with Gasteiger partial charge in [0, 0.05) is 25.3 Å². The number of hydrogen-bond donors (Lipinski definition) is 1. The van der Waals surface area contributed by atoms with Gasteiger partial charge >= 0.3 is 0 Å². The minimum atomic E-state index is 0.405. The molecule has 0 saturated heterocycles. The lowest BCUT2D eigenvalue weighted by molar-refractivity contribution is 0.111. The van der Waals surface area contributed by atoms with Crippen LogP contribution in [0.25, 0.3) is 0 Å². The lowest BCUT2D eigenvalue weighted by Crippen LogP contribution is -2.32. The summed E-state index contributed by atoms with van der Waals surface area (Å²) in [4.78, 5) is 2.26. The van der Waals surface area contributed by atoms with Crippen molar-refractivity contribution in [3.05, 3.63) is 23.7 Å². The first-order valence-electron chi connectivity index (χ1n) is 5.58. The van der Waals surface area contributed by atoms with E-state index in [-0.39, 0.29) is 0 Å². The Morgan fingerprint density at radius 3 is 2.94 bits per heavy atom. The monoisotopic (exact) mass is 226 g/mol. The molecule has 0 saturated carbocycles. The second kappa shape index (κ2) is 6.68. The lowest BCUT2D eigenvalue weighted by atomic mass is 10.2. The predicted octanol–water partition coefficient (Wildman–Crippen LogP) is 1.47. The first kappa shape index (κ1) is 13.2. The van der Waals surface area contributed by atoms with Crippen LogP contribution in [-0.4, -0.2) is 38.8 Å². The Hall–Kier alpha value is -0.840. The van der Waals surface area contributed by atoms with E-state index in [9.17, 15) is 0 Å². The van der Waals surface area contributed by atoms with E-state index in [1.54, 1.807) is 13.4 Å². The third-order valence-electron chi connectivity index (χ3n) is 2.76. The van der Waals surface area contributed by atoms with Crippen LogP contribution in [0.4, 0.5) is 0 Å². The molecule has 0 spiro atoms. The zero-order chi connectivity index (χ0) is 12.0. The maximum absolute atomic E-state index is 5.43. The molecule has 1 heterocycles. The molecule has 0 aliphatic carbocycles. The van der Waals surface area contributed by atoms with Gasteiger partial charge in [0.2, 0.25) is 0 Å². The molecule has 1 aromatic heterocycles. The van der Waals surface area contributed by atoms with Crippen LogP contribution in [0.1, 0.15) is 18.2 Å². The van der Waals surface area contributed by atoms with Gasteiger partial charge in [0.05, 0.1) is 19.4 Å². The summed E-state index contributed by atoms with van der Waals surface area (Å²) in [5.41, 5.74) is 1.24. The Labute approximate surface area is 97.6 Å². The molecule has 0 fully saturated rings. The summed E-state index contributed by atoms with van der Waals surface area (Å²) in [6, 6.07) is 2.44. The van der Waals surface area contributed by atoms with Crippen LogP contribution in [0.15, 0.2) is 16.7 Å². The van der Waals surface area contributed by atoms with Crippen molar-refractivity contribution in [2.75, 3.05) is 27.8 Å². The summed E-state index contributed by atoms with van der Waals surface area (Å²) in [7, 11) is 5.75. The van der Waals surface area contributed by atoms with Gasteiger partial charge in [-0.05, 0) is 27.1 Å². The van der Waals surface area contributed by atoms with E-state index in [2.05, 4.69) is 24.2 Å². The molecule has 16 heavy (non-hydrogen) atoms. The molecule has 0 amide bonds. The Kier molecular flexibility index (Phi) is 5.52. The highest BCUT2D eigenvalue weighted by molar-refractivity contribution is 5.16. The second-order valence-corrected chi connectivity index (χ2v) is 4.12. The van der Waals surface area contributed by atoms with Gasteiger partial charge in [-0.15, -0.1) is 0 Å². The lowest BCUT2D eigenvalue weighted by Gasteiger charge is -2.23. The van der Waals surface area contributed by atoms with Gasteiger partial charge < -0.3 is 14.5 Å². The van der Waals surface area contributed by atoms with Crippen molar-refractivity contribution < 1.29 is 9.15 Å². The van der Waals surface area contributed by atoms with Crippen molar-refractivity contribution in [2.24, 2.45) is 0 Å². The van der Waals surface area contributed by atoms with E-state index >= 15 is 0 Å². The zero-order valence-corrected chi connectivity index (χ0v) is 10.6. The van der Waals surface area contributed by atoms with Crippen molar-refractivity contribution in [2.45, 2.75) is 26.1 Å². The maximum atomic E-state index is 5.43. The molecule has 4 nitrogen and oxygen atoms in total. The fourth-order valence-electron chi connectivity index (χ4n) is 1.62. The molecule has 92 valence electrons. The quantitative estimate of drug-likeness (QED) is 0.764. The molecule has 1 N–H and O–H groups in total. The zero-order valence-electron chi connectivity index (χ0n) is 10.6. The van der Waals surface area contributed by atoms with Crippen molar-refractivity contribution in [1.29, 1.82) is 0 Å². The van der Waals surface area contributed by atoms with Gasteiger partial charge in [-0.25, -0.2) is 0 Å². The van der Waals surface area contributed by atoms with Gasteiger partial charge in [0.1, 0.15) is 5.76 Å². The fraction of sp³-hybridized carbons (Fsp3) is 0.667. The number of rotatable bonds is 7. The third-order valence-corrected chi connectivity index (χ3v) is 2.76. The molecule has 0 bridgehead atoms. The van der Waals surface area contributed by atoms with Gasteiger partial charge in [-0.3, -0.25) is 4.90 Å². The number of nitrogens with one attached hydrogen (secondary N) is 1. The summed E-state index contributed by atoms with van der Waals surface area (Å²) in [6.07, 6.45) is 1.75. The molecule has 1 unspecified atom stereocenters. The van der Waals surface area contributed by atoms with E-state index < -0.39 is 0 Å². The number of hydrogen-bond acceptors (Lipinski definition) is 4. The Balaban J connectivity index is 2.54. The molecule has 1 rings (SSSR count). The first-order chi connectivity index (χ1) is 7.69. The molecular weight excluding hydrogens is 204 g/mol. The largest absolute Gasteiger partial charge is 0.468 e. The predicted molar refractivity (Wildman–Crippen MR) is 64.3 cm³/mol. The second-order valence-electron chi connectivity index (χ2n) is 4.12. The van der Waals surface area contributed by atoms with Crippen LogP contribution >= 0.6 is 0 Å². The van der Waals surface area contributed by atoms with Crippen molar-refractivity contribution in [3.8, 4) is 0 Å². The van der Waals surface area contributed by atoms with Crippen molar-refractivity contribution in [3.63, 3.8) is 0 Å². The van der Waals surface area contributed by atoms with Crippen LogP contribution in [0, 0.1) is 0 Å². The van der Waals surface area contributed by atoms with Gasteiger partial charge in [0.25, 0.3) is 0 Å². The average Bonchev–Trinajstić information content (AvgIpc) is 2.67. The van der Waals surface area contributed by atoms with E-state index in [1.807, 2.05) is 13.1 Å². The number of furan rings is 1.